The molecule has 0 unspecified atom stereocenters. The van der Waals surface area contributed by atoms with Crippen LogP contribution in [0.15, 0.2) is 28.7 Å². The summed E-state index contributed by atoms with van der Waals surface area (Å²) in [5.41, 5.74) is 7.62. The lowest BCUT2D eigenvalue weighted by Crippen LogP contribution is -2.53. The molecule has 1 aromatic carbocycles. The maximum absolute atomic E-state index is 6.06. The van der Waals surface area contributed by atoms with Gasteiger partial charge in [0.05, 0.1) is 0 Å². The molecule has 18 heavy (non-hydrogen) atoms. The molecule has 0 saturated carbocycles. The van der Waals surface area contributed by atoms with Gasteiger partial charge in [-0.2, -0.15) is 11.8 Å². The molecule has 1 aliphatic heterocycles. The standard InChI is InChI=1S/C14H21BrN2S/c1-17(10-12-2-4-13(15)5-3-12)14(11-16)6-8-18-9-7-14/h2-5H,6-11,16H2,1H3. The number of hydrogen-bond acceptors (Lipinski definition) is 3. The highest BCUT2D eigenvalue weighted by atomic mass is 79.9. The van der Waals surface area contributed by atoms with E-state index in [1.165, 1.54) is 29.9 Å². The van der Waals surface area contributed by atoms with Crippen LogP contribution in [0.5, 0.6) is 0 Å². The summed E-state index contributed by atoms with van der Waals surface area (Å²) in [6, 6.07) is 8.58. The second kappa shape index (κ2) is 6.42. The summed E-state index contributed by atoms with van der Waals surface area (Å²) < 4.78 is 1.14. The highest BCUT2D eigenvalue weighted by Gasteiger charge is 2.34. The Bertz CT molecular complexity index is 374. The number of nitrogens with zero attached hydrogens (tertiary/aromatic N) is 1. The van der Waals surface area contributed by atoms with Gasteiger partial charge in [-0.05, 0) is 49.1 Å². The van der Waals surface area contributed by atoms with Crippen LogP contribution in [0, 0.1) is 0 Å². The van der Waals surface area contributed by atoms with E-state index in [0.29, 0.717) is 0 Å². The fraction of sp³-hybridized carbons (Fsp3) is 0.571. The topological polar surface area (TPSA) is 29.3 Å². The highest BCUT2D eigenvalue weighted by molar-refractivity contribution is 9.10. The Balaban J connectivity index is 2.05. The average molecular weight is 329 g/mol. The van der Waals surface area contributed by atoms with Gasteiger partial charge in [-0.15, -0.1) is 0 Å². The third-order valence-electron chi connectivity index (χ3n) is 3.95. The summed E-state index contributed by atoms with van der Waals surface area (Å²) >= 11 is 5.53. The van der Waals surface area contributed by atoms with Crippen molar-refractivity contribution in [1.29, 1.82) is 0 Å². The molecule has 1 aliphatic rings. The largest absolute Gasteiger partial charge is 0.329 e. The summed E-state index contributed by atoms with van der Waals surface area (Å²) in [7, 11) is 2.21. The highest BCUT2D eigenvalue weighted by Crippen LogP contribution is 2.31. The monoisotopic (exact) mass is 328 g/mol. The van der Waals surface area contributed by atoms with Gasteiger partial charge >= 0.3 is 0 Å². The Morgan fingerprint density at radius 1 is 1.28 bits per heavy atom. The summed E-state index contributed by atoms with van der Waals surface area (Å²) in [5, 5.41) is 0. The molecular formula is C14H21BrN2S. The number of hydrogen-bond donors (Lipinski definition) is 1. The molecule has 100 valence electrons. The second-order valence-electron chi connectivity index (χ2n) is 5.02. The second-order valence-corrected chi connectivity index (χ2v) is 7.16. The maximum atomic E-state index is 6.06. The number of rotatable bonds is 4. The van der Waals surface area contributed by atoms with Gasteiger partial charge in [-0.3, -0.25) is 4.90 Å². The van der Waals surface area contributed by atoms with Crippen LogP contribution in [0.1, 0.15) is 18.4 Å². The van der Waals surface area contributed by atoms with Crippen molar-refractivity contribution in [3.63, 3.8) is 0 Å². The molecular weight excluding hydrogens is 308 g/mol. The van der Waals surface area contributed by atoms with E-state index in [2.05, 4.69) is 52.1 Å². The molecule has 1 aromatic rings. The summed E-state index contributed by atoms with van der Waals surface area (Å²) in [6.45, 7) is 1.75. The first-order valence-electron chi connectivity index (χ1n) is 6.40. The van der Waals surface area contributed by atoms with Crippen molar-refractivity contribution in [1.82, 2.24) is 4.90 Å². The van der Waals surface area contributed by atoms with Crippen LogP contribution in [0.25, 0.3) is 0 Å². The van der Waals surface area contributed by atoms with Gasteiger partial charge < -0.3 is 5.73 Å². The molecule has 2 rings (SSSR count). The molecule has 2 nitrogen and oxygen atoms in total. The summed E-state index contributed by atoms with van der Waals surface area (Å²) in [5.74, 6) is 2.48. The Morgan fingerprint density at radius 2 is 1.89 bits per heavy atom. The van der Waals surface area contributed by atoms with Gasteiger partial charge in [0.1, 0.15) is 0 Å². The van der Waals surface area contributed by atoms with Gasteiger partial charge in [0.25, 0.3) is 0 Å². The molecule has 1 heterocycles. The number of nitrogens with two attached hydrogens (primary N) is 1. The number of benzene rings is 1. The van der Waals surface area contributed by atoms with E-state index in [1.807, 2.05) is 11.8 Å². The van der Waals surface area contributed by atoms with Gasteiger partial charge in [0.15, 0.2) is 0 Å². The minimum absolute atomic E-state index is 0.207. The quantitative estimate of drug-likeness (QED) is 0.920. The van der Waals surface area contributed by atoms with E-state index in [0.717, 1.165) is 17.6 Å². The molecule has 0 amide bonds. The Morgan fingerprint density at radius 3 is 2.44 bits per heavy atom. The Labute approximate surface area is 122 Å². The van der Waals surface area contributed by atoms with E-state index < -0.39 is 0 Å². The maximum Gasteiger partial charge on any atom is 0.0347 e. The van der Waals surface area contributed by atoms with Crippen LogP contribution in [0.4, 0.5) is 0 Å². The van der Waals surface area contributed by atoms with Crippen molar-refractivity contribution in [2.24, 2.45) is 5.73 Å². The van der Waals surface area contributed by atoms with E-state index in [9.17, 15) is 0 Å². The number of thioether (sulfide) groups is 1. The van der Waals surface area contributed by atoms with Gasteiger partial charge in [0, 0.05) is 23.1 Å². The van der Waals surface area contributed by atoms with Crippen LogP contribution < -0.4 is 5.73 Å². The van der Waals surface area contributed by atoms with Crippen molar-refractivity contribution in [2.45, 2.75) is 24.9 Å². The lowest BCUT2D eigenvalue weighted by molar-refractivity contribution is 0.107. The Kier molecular flexibility index (Phi) is 5.13. The first-order chi connectivity index (χ1) is 8.66. The summed E-state index contributed by atoms with van der Waals surface area (Å²) in [4.78, 5) is 2.45. The fourth-order valence-corrected chi connectivity index (χ4v) is 4.04. The molecule has 2 N–H and O–H groups in total. The minimum Gasteiger partial charge on any atom is -0.329 e. The Hall–Kier alpha value is -0.0300. The van der Waals surface area contributed by atoms with Gasteiger partial charge in [0.2, 0.25) is 0 Å². The summed E-state index contributed by atoms with van der Waals surface area (Å²) in [6.07, 6.45) is 2.42. The zero-order valence-electron chi connectivity index (χ0n) is 10.9. The van der Waals surface area contributed by atoms with Crippen LogP contribution in [-0.2, 0) is 6.54 Å². The van der Waals surface area contributed by atoms with Gasteiger partial charge in [-0.25, -0.2) is 0 Å². The molecule has 0 atom stereocenters. The third-order valence-corrected chi connectivity index (χ3v) is 5.46. The first-order valence-corrected chi connectivity index (χ1v) is 8.34. The predicted octanol–water partition coefficient (Wildman–Crippen LogP) is 3.11. The molecule has 0 spiro atoms. The lowest BCUT2D eigenvalue weighted by atomic mass is 9.90. The minimum atomic E-state index is 0.207. The molecule has 0 aromatic heterocycles. The van der Waals surface area contributed by atoms with Crippen molar-refractivity contribution in [3.05, 3.63) is 34.3 Å². The molecule has 0 radical (unpaired) electrons. The molecule has 4 heteroatoms. The third kappa shape index (κ3) is 3.29. The van der Waals surface area contributed by atoms with Crippen LogP contribution >= 0.6 is 27.7 Å². The molecule has 0 bridgehead atoms. The zero-order chi connectivity index (χ0) is 13.0. The van der Waals surface area contributed by atoms with Crippen LogP contribution in [-0.4, -0.2) is 35.5 Å². The first kappa shape index (κ1) is 14.4. The van der Waals surface area contributed by atoms with Gasteiger partial charge in [-0.1, -0.05) is 28.1 Å². The zero-order valence-corrected chi connectivity index (χ0v) is 13.3. The van der Waals surface area contributed by atoms with Crippen molar-refractivity contribution < 1.29 is 0 Å². The van der Waals surface area contributed by atoms with Crippen LogP contribution in [0.3, 0.4) is 0 Å². The molecule has 1 fully saturated rings. The average Bonchev–Trinajstić information content (AvgIpc) is 2.42. The lowest BCUT2D eigenvalue weighted by Gasteiger charge is -2.44. The fourth-order valence-electron chi connectivity index (χ4n) is 2.52. The van der Waals surface area contributed by atoms with Crippen molar-refractivity contribution in [2.75, 3.05) is 25.1 Å². The van der Waals surface area contributed by atoms with Crippen molar-refractivity contribution >= 4 is 27.7 Å². The smallest absolute Gasteiger partial charge is 0.0347 e. The SMILES string of the molecule is CN(Cc1ccc(Br)cc1)C1(CN)CCSCC1. The number of likely N-dealkylation sites (N-methyl/N-ethyl adjacent to an activating group) is 1. The normalized spacial score (nSPS) is 19.1. The van der Waals surface area contributed by atoms with E-state index in [-0.39, 0.29) is 5.54 Å². The molecule has 0 aliphatic carbocycles. The van der Waals surface area contributed by atoms with Crippen molar-refractivity contribution in [3.8, 4) is 0 Å². The van der Waals surface area contributed by atoms with Crippen LogP contribution in [0.2, 0.25) is 0 Å². The predicted molar refractivity (Wildman–Crippen MR) is 84.0 cm³/mol. The number of halogens is 1. The van der Waals surface area contributed by atoms with E-state index >= 15 is 0 Å². The van der Waals surface area contributed by atoms with E-state index in [4.69, 9.17) is 5.73 Å². The van der Waals surface area contributed by atoms with E-state index in [1.54, 1.807) is 0 Å². The molecule has 1 saturated heterocycles.